The smallest absolute Gasteiger partial charge is 0.336 e. The van der Waals surface area contributed by atoms with Crippen molar-refractivity contribution < 1.29 is 13.9 Å². The average molecular weight is 341 g/mol. The van der Waals surface area contributed by atoms with Gasteiger partial charge in [0.1, 0.15) is 17.2 Å². The van der Waals surface area contributed by atoms with Crippen LogP contribution >= 0.6 is 0 Å². The monoisotopic (exact) mass is 341 g/mol. The molecule has 0 aliphatic carbocycles. The fourth-order valence-electron chi connectivity index (χ4n) is 2.55. The Hall–Kier alpha value is -3.09. The van der Waals surface area contributed by atoms with Gasteiger partial charge in [0.2, 0.25) is 0 Å². The Labute approximate surface area is 144 Å². The topological polar surface area (TPSA) is 86.4 Å². The van der Waals surface area contributed by atoms with Gasteiger partial charge in [-0.05, 0) is 38.5 Å². The number of amides is 1. The van der Waals surface area contributed by atoms with Crippen molar-refractivity contribution in [2.24, 2.45) is 0 Å². The number of aromatic nitrogens is 2. The predicted octanol–water partition coefficient (Wildman–Crippen LogP) is 2.90. The van der Waals surface area contributed by atoms with Crippen LogP contribution in [0.1, 0.15) is 25.5 Å². The largest absolute Gasteiger partial charge is 0.484 e. The Morgan fingerprint density at radius 2 is 2.12 bits per heavy atom. The van der Waals surface area contributed by atoms with Crippen LogP contribution in [0.15, 0.2) is 45.7 Å². The summed E-state index contributed by atoms with van der Waals surface area (Å²) in [5.74, 6) is 0.769. The molecule has 0 bridgehead atoms. The van der Waals surface area contributed by atoms with Crippen LogP contribution in [-0.4, -0.2) is 22.3 Å². The number of hydrogen-bond donors (Lipinski definition) is 1. The summed E-state index contributed by atoms with van der Waals surface area (Å²) in [7, 11) is 0. The van der Waals surface area contributed by atoms with Gasteiger partial charge in [-0.25, -0.2) is 9.48 Å². The Morgan fingerprint density at radius 1 is 1.32 bits per heavy atom. The second kappa shape index (κ2) is 6.80. The van der Waals surface area contributed by atoms with Crippen molar-refractivity contribution in [1.82, 2.24) is 9.78 Å². The van der Waals surface area contributed by atoms with Crippen LogP contribution in [0.5, 0.6) is 5.75 Å². The van der Waals surface area contributed by atoms with Crippen molar-refractivity contribution in [3.8, 4) is 5.75 Å². The molecule has 0 radical (unpaired) electrons. The van der Waals surface area contributed by atoms with E-state index in [0.29, 0.717) is 17.2 Å². The van der Waals surface area contributed by atoms with Crippen molar-refractivity contribution in [1.29, 1.82) is 0 Å². The van der Waals surface area contributed by atoms with E-state index in [-0.39, 0.29) is 18.6 Å². The van der Waals surface area contributed by atoms with Crippen LogP contribution in [0.25, 0.3) is 11.0 Å². The molecule has 1 amide bonds. The lowest BCUT2D eigenvalue weighted by atomic mass is 10.1. The van der Waals surface area contributed by atoms with Crippen molar-refractivity contribution in [3.05, 3.63) is 52.5 Å². The standard InChI is InChI=1S/C18H19N3O4/c1-11(2)21-16(6-7-19-21)20-17(22)10-24-13-4-5-14-12(3)8-18(23)25-15(14)9-13/h4-9,11H,10H2,1-3H3,(H,20,22). The molecule has 0 atom stereocenters. The molecule has 0 aliphatic rings. The highest BCUT2D eigenvalue weighted by Crippen LogP contribution is 2.22. The number of nitrogens with zero attached hydrogens (tertiary/aromatic N) is 2. The zero-order chi connectivity index (χ0) is 18.0. The van der Waals surface area contributed by atoms with E-state index in [2.05, 4.69) is 10.4 Å². The summed E-state index contributed by atoms with van der Waals surface area (Å²) in [6.07, 6.45) is 1.63. The van der Waals surface area contributed by atoms with Crippen LogP contribution in [0, 0.1) is 6.92 Å². The number of ether oxygens (including phenoxy) is 1. The van der Waals surface area contributed by atoms with E-state index >= 15 is 0 Å². The van der Waals surface area contributed by atoms with Crippen LogP contribution in [0.4, 0.5) is 5.82 Å². The molecule has 2 aromatic heterocycles. The summed E-state index contributed by atoms with van der Waals surface area (Å²) in [6.45, 7) is 5.63. The first-order valence-electron chi connectivity index (χ1n) is 7.94. The molecule has 0 unspecified atom stereocenters. The van der Waals surface area contributed by atoms with Gasteiger partial charge in [-0.2, -0.15) is 5.10 Å². The molecule has 130 valence electrons. The van der Waals surface area contributed by atoms with Gasteiger partial charge < -0.3 is 14.5 Å². The molecule has 0 fully saturated rings. The fourth-order valence-corrected chi connectivity index (χ4v) is 2.55. The fraction of sp³-hybridized carbons (Fsp3) is 0.278. The Kier molecular flexibility index (Phi) is 4.56. The molecule has 0 saturated carbocycles. The van der Waals surface area contributed by atoms with Crippen LogP contribution in [-0.2, 0) is 4.79 Å². The van der Waals surface area contributed by atoms with Crippen LogP contribution in [0.2, 0.25) is 0 Å². The average Bonchev–Trinajstić information content (AvgIpc) is 3.00. The van der Waals surface area contributed by atoms with Crippen LogP contribution < -0.4 is 15.7 Å². The summed E-state index contributed by atoms with van der Waals surface area (Å²) in [6, 6.07) is 8.45. The maximum atomic E-state index is 12.1. The molecule has 25 heavy (non-hydrogen) atoms. The van der Waals surface area contributed by atoms with E-state index in [1.165, 1.54) is 6.07 Å². The van der Waals surface area contributed by atoms with Gasteiger partial charge in [-0.15, -0.1) is 0 Å². The summed E-state index contributed by atoms with van der Waals surface area (Å²) in [5, 5.41) is 7.75. The maximum Gasteiger partial charge on any atom is 0.336 e. The van der Waals surface area contributed by atoms with Crippen molar-refractivity contribution in [2.75, 3.05) is 11.9 Å². The highest BCUT2D eigenvalue weighted by atomic mass is 16.5. The summed E-state index contributed by atoms with van der Waals surface area (Å²) in [5.41, 5.74) is 0.847. The van der Waals surface area contributed by atoms with Gasteiger partial charge in [-0.1, -0.05) is 0 Å². The molecular formula is C18H19N3O4. The molecule has 7 nitrogen and oxygen atoms in total. The molecular weight excluding hydrogens is 322 g/mol. The normalized spacial score (nSPS) is 11.0. The minimum Gasteiger partial charge on any atom is -0.484 e. The zero-order valence-corrected chi connectivity index (χ0v) is 14.3. The van der Waals surface area contributed by atoms with Crippen LogP contribution in [0.3, 0.4) is 0 Å². The third-order valence-corrected chi connectivity index (χ3v) is 3.72. The molecule has 1 aromatic carbocycles. The van der Waals surface area contributed by atoms with Gasteiger partial charge in [-0.3, -0.25) is 4.79 Å². The second-order valence-electron chi connectivity index (χ2n) is 6.00. The molecule has 2 heterocycles. The Morgan fingerprint density at radius 3 is 2.88 bits per heavy atom. The molecule has 0 aliphatic heterocycles. The zero-order valence-electron chi connectivity index (χ0n) is 14.3. The first-order chi connectivity index (χ1) is 11.9. The summed E-state index contributed by atoms with van der Waals surface area (Å²) in [4.78, 5) is 23.5. The third kappa shape index (κ3) is 3.71. The number of aryl methyl sites for hydroxylation is 1. The molecule has 7 heteroatoms. The highest BCUT2D eigenvalue weighted by Gasteiger charge is 2.11. The number of rotatable bonds is 5. The van der Waals surface area contributed by atoms with Crippen molar-refractivity contribution in [2.45, 2.75) is 26.8 Å². The van der Waals surface area contributed by atoms with E-state index < -0.39 is 5.63 Å². The first kappa shape index (κ1) is 16.8. The number of carbonyl (C=O) groups excluding carboxylic acids is 1. The van der Waals surface area contributed by atoms with E-state index in [1.807, 2.05) is 20.8 Å². The molecule has 3 aromatic rings. The van der Waals surface area contributed by atoms with Gasteiger partial charge in [0.25, 0.3) is 5.91 Å². The number of hydrogen-bond acceptors (Lipinski definition) is 5. The van der Waals surface area contributed by atoms with E-state index in [0.717, 1.165) is 10.9 Å². The minimum absolute atomic E-state index is 0.137. The SMILES string of the molecule is Cc1cc(=O)oc2cc(OCC(=O)Nc3ccnn3C(C)C)ccc12. The molecule has 3 rings (SSSR count). The minimum atomic E-state index is -0.415. The van der Waals surface area contributed by atoms with Gasteiger partial charge in [0.15, 0.2) is 6.61 Å². The lowest BCUT2D eigenvalue weighted by molar-refractivity contribution is -0.118. The number of fused-ring (bicyclic) bond motifs is 1. The Bertz CT molecular complexity index is 972. The van der Waals surface area contributed by atoms with Crippen molar-refractivity contribution in [3.63, 3.8) is 0 Å². The maximum absolute atomic E-state index is 12.1. The molecule has 0 spiro atoms. The van der Waals surface area contributed by atoms with E-state index in [1.54, 1.807) is 35.1 Å². The lowest BCUT2D eigenvalue weighted by Gasteiger charge is -2.12. The highest BCUT2D eigenvalue weighted by molar-refractivity contribution is 5.91. The lowest BCUT2D eigenvalue weighted by Crippen LogP contribution is -2.22. The van der Waals surface area contributed by atoms with Gasteiger partial charge in [0, 0.05) is 29.6 Å². The first-order valence-corrected chi connectivity index (χ1v) is 7.94. The van der Waals surface area contributed by atoms with Gasteiger partial charge in [0.05, 0.1) is 6.20 Å². The third-order valence-electron chi connectivity index (χ3n) is 3.72. The number of nitrogens with one attached hydrogen (secondary N) is 1. The summed E-state index contributed by atoms with van der Waals surface area (Å²) < 4.78 is 12.4. The Balaban J connectivity index is 1.69. The number of anilines is 1. The number of benzene rings is 1. The van der Waals surface area contributed by atoms with E-state index in [4.69, 9.17) is 9.15 Å². The molecule has 1 N–H and O–H groups in total. The quantitative estimate of drug-likeness (QED) is 0.721. The van der Waals surface area contributed by atoms with Crippen molar-refractivity contribution >= 4 is 22.7 Å². The number of carbonyl (C=O) groups is 1. The second-order valence-corrected chi connectivity index (χ2v) is 6.00. The summed E-state index contributed by atoms with van der Waals surface area (Å²) >= 11 is 0. The molecule has 0 saturated heterocycles. The van der Waals surface area contributed by atoms with E-state index in [9.17, 15) is 9.59 Å². The predicted molar refractivity (Wildman–Crippen MR) is 94.0 cm³/mol. The van der Waals surface area contributed by atoms with Gasteiger partial charge >= 0.3 is 5.63 Å².